The van der Waals surface area contributed by atoms with Gasteiger partial charge in [0.15, 0.2) is 13.2 Å². The van der Waals surface area contributed by atoms with Crippen molar-refractivity contribution in [1.29, 1.82) is 0 Å². The summed E-state index contributed by atoms with van der Waals surface area (Å²) in [5, 5.41) is 1.80. The molecule has 9 heteroatoms. The van der Waals surface area contributed by atoms with Crippen LogP contribution in [0.1, 0.15) is 19.8 Å². The summed E-state index contributed by atoms with van der Waals surface area (Å²) < 4.78 is 38.0. The molecule has 1 saturated heterocycles. The van der Waals surface area contributed by atoms with Gasteiger partial charge in [-0.15, -0.1) is 0 Å². The van der Waals surface area contributed by atoms with Gasteiger partial charge in [-0.3, -0.25) is 9.10 Å². The van der Waals surface area contributed by atoms with Crippen LogP contribution in [-0.2, 0) is 24.3 Å². The molecule has 1 fully saturated rings. The number of rotatable bonds is 8. The maximum Gasteiger partial charge on any atom is 0.344 e. The van der Waals surface area contributed by atoms with Crippen LogP contribution >= 0.6 is 0 Å². The Bertz CT molecular complexity index is 1340. The molecule has 0 radical (unpaired) electrons. The average Bonchev–Trinajstić information content (AvgIpc) is 2.90. The summed E-state index contributed by atoms with van der Waals surface area (Å²) in [5.41, 5.74) is 0.444. The molecular formula is C27H30N2O6S. The largest absolute Gasteiger partial charge is 0.482 e. The number of esters is 1. The van der Waals surface area contributed by atoms with Crippen LogP contribution in [0.3, 0.4) is 0 Å². The van der Waals surface area contributed by atoms with Crippen LogP contribution in [0.4, 0.5) is 5.69 Å². The lowest BCUT2D eigenvalue weighted by Crippen LogP contribution is -2.41. The van der Waals surface area contributed by atoms with Gasteiger partial charge in [0, 0.05) is 20.1 Å². The summed E-state index contributed by atoms with van der Waals surface area (Å²) in [6.07, 6.45) is 2.06. The Kier molecular flexibility index (Phi) is 7.79. The fourth-order valence-corrected chi connectivity index (χ4v) is 5.44. The van der Waals surface area contributed by atoms with E-state index in [1.807, 2.05) is 24.3 Å². The van der Waals surface area contributed by atoms with E-state index in [2.05, 4.69) is 6.92 Å². The number of fused-ring (bicyclic) bond motifs is 1. The Labute approximate surface area is 211 Å². The number of anilines is 1. The van der Waals surface area contributed by atoms with E-state index in [9.17, 15) is 18.0 Å². The van der Waals surface area contributed by atoms with Crippen molar-refractivity contribution in [2.45, 2.75) is 24.7 Å². The number of hydrogen-bond acceptors (Lipinski definition) is 6. The molecule has 0 bridgehead atoms. The molecule has 0 N–H and O–H groups in total. The normalized spacial score (nSPS) is 15.9. The third kappa shape index (κ3) is 5.96. The number of nitrogens with zero attached hydrogens (tertiary/aromatic N) is 2. The smallest absolute Gasteiger partial charge is 0.344 e. The van der Waals surface area contributed by atoms with Gasteiger partial charge in [-0.25, -0.2) is 13.2 Å². The number of amides is 1. The van der Waals surface area contributed by atoms with Crippen molar-refractivity contribution in [3.05, 3.63) is 66.7 Å². The number of hydrogen-bond donors (Lipinski definition) is 0. The lowest BCUT2D eigenvalue weighted by Gasteiger charge is -2.30. The van der Waals surface area contributed by atoms with Gasteiger partial charge in [-0.1, -0.05) is 37.3 Å². The monoisotopic (exact) mass is 510 g/mol. The Hall–Kier alpha value is -3.59. The quantitative estimate of drug-likeness (QED) is 0.428. The molecule has 4 rings (SSSR count). The molecule has 1 amide bonds. The number of ether oxygens (including phenoxy) is 2. The second-order valence-corrected chi connectivity index (χ2v) is 11.0. The first kappa shape index (κ1) is 25.5. The molecule has 1 unspecified atom stereocenters. The second kappa shape index (κ2) is 11.0. The summed E-state index contributed by atoms with van der Waals surface area (Å²) in [7, 11) is -2.28. The fourth-order valence-electron chi connectivity index (χ4n) is 4.21. The first-order valence-electron chi connectivity index (χ1n) is 11.9. The highest BCUT2D eigenvalue weighted by molar-refractivity contribution is 7.92. The molecule has 3 aromatic carbocycles. The molecule has 0 aromatic heterocycles. The number of likely N-dealkylation sites (tertiary alicyclic amines) is 1. The minimum atomic E-state index is -3.77. The van der Waals surface area contributed by atoms with Crippen LogP contribution in [0, 0.1) is 5.92 Å². The van der Waals surface area contributed by atoms with Gasteiger partial charge in [0.1, 0.15) is 5.75 Å². The van der Waals surface area contributed by atoms with E-state index in [1.165, 1.54) is 11.4 Å². The third-order valence-electron chi connectivity index (χ3n) is 6.30. The molecule has 1 aliphatic heterocycles. The summed E-state index contributed by atoms with van der Waals surface area (Å²) in [5.74, 6) is -0.0157. The van der Waals surface area contributed by atoms with E-state index in [0.717, 1.165) is 23.6 Å². The van der Waals surface area contributed by atoms with E-state index in [4.69, 9.17) is 9.47 Å². The van der Waals surface area contributed by atoms with Crippen LogP contribution in [0.2, 0.25) is 0 Å². The average molecular weight is 511 g/mol. The lowest BCUT2D eigenvalue weighted by molar-refractivity contribution is -0.154. The van der Waals surface area contributed by atoms with Crippen LogP contribution in [0.15, 0.2) is 71.6 Å². The van der Waals surface area contributed by atoms with Crippen molar-refractivity contribution in [3.8, 4) is 5.75 Å². The standard InChI is InChI=1S/C27H30N2O6S/c1-20-6-5-15-29(17-20)26(30)18-35-27(31)19-34-24-12-10-23(11-13-24)28(2)36(32,33)25-14-9-21-7-3-4-8-22(21)16-25/h3-4,7-14,16,20H,5-6,15,17-19H2,1-2H3. The second-order valence-electron chi connectivity index (χ2n) is 9.01. The molecule has 1 atom stereocenters. The van der Waals surface area contributed by atoms with Gasteiger partial charge in [0.25, 0.3) is 15.9 Å². The minimum absolute atomic E-state index is 0.195. The molecule has 8 nitrogen and oxygen atoms in total. The van der Waals surface area contributed by atoms with Crippen molar-refractivity contribution >= 4 is 38.4 Å². The molecule has 0 aliphatic carbocycles. The van der Waals surface area contributed by atoms with Crippen molar-refractivity contribution in [2.75, 3.05) is 37.7 Å². The number of sulfonamides is 1. The van der Waals surface area contributed by atoms with Gasteiger partial charge in [-0.05, 0) is 65.9 Å². The van der Waals surface area contributed by atoms with Crippen molar-refractivity contribution < 1.29 is 27.5 Å². The van der Waals surface area contributed by atoms with E-state index in [1.54, 1.807) is 47.4 Å². The predicted molar refractivity (Wildman–Crippen MR) is 137 cm³/mol. The molecule has 1 aliphatic rings. The van der Waals surface area contributed by atoms with E-state index < -0.39 is 16.0 Å². The van der Waals surface area contributed by atoms with Crippen LogP contribution in [-0.4, -0.2) is 58.5 Å². The summed E-state index contributed by atoms with van der Waals surface area (Å²) in [4.78, 5) is 26.2. The molecule has 0 spiro atoms. The van der Waals surface area contributed by atoms with E-state index in [0.29, 0.717) is 30.4 Å². The molecule has 3 aromatic rings. The predicted octanol–water partition coefficient (Wildman–Crippen LogP) is 3.85. The van der Waals surface area contributed by atoms with E-state index >= 15 is 0 Å². The van der Waals surface area contributed by atoms with Crippen LogP contribution in [0.25, 0.3) is 10.8 Å². The maximum atomic E-state index is 13.1. The Morgan fingerprint density at radius 3 is 2.44 bits per heavy atom. The first-order valence-corrected chi connectivity index (χ1v) is 13.3. The molecule has 190 valence electrons. The topological polar surface area (TPSA) is 93.2 Å². The molecule has 36 heavy (non-hydrogen) atoms. The Balaban J connectivity index is 1.31. The van der Waals surface area contributed by atoms with E-state index in [-0.39, 0.29) is 24.0 Å². The van der Waals surface area contributed by atoms with Gasteiger partial charge in [0.2, 0.25) is 0 Å². The Morgan fingerprint density at radius 2 is 1.72 bits per heavy atom. The maximum absolute atomic E-state index is 13.1. The van der Waals surface area contributed by atoms with Gasteiger partial charge in [0.05, 0.1) is 10.6 Å². The van der Waals surface area contributed by atoms with Crippen molar-refractivity contribution in [2.24, 2.45) is 5.92 Å². The van der Waals surface area contributed by atoms with Gasteiger partial charge < -0.3 is 14.4 Å². The number of benzene rings is 3. The zero-order valence-corrected chi connectivity index (χ0v) is 21.2. The van der Waals surface area contributed by atoms with Gasteiger partial charge >= 0.3 is 5.97 Å². The van der Waals surface area contributed by atoms with Crippen molar-refractivity contribution in [3.63, 3.8) is 0 Å². The first-order chi connectivity index (χ1) is 17.2. The van der Waals surface area contributed by atoms with Crippen LogP contribution < -0.4 is 9.04 Å². The van der Waals surface area contributed by atoms with Gasteiger partial charge in [-0.2, -0.15) is 0 Å². The zero-order valence-electron chi connectivity index (χ0n) is 20.4. The highest BCUT2D eigenvalue weighted by atomic mass is 32.2. The number of carbonyl (C=O) groups is 2. The fraction of sp³-hybridized carbons (Fsp3) is 0.333. The molecular weight excluding hydrogens is 480 g/mol. The third-order valence-corrected chi connectivity index (χ3v) is 8.08. The summed E-state index contributed by atoms with van der Waals surface area (Å²) in [6.45, 7) is 2.82. The lowest BCUT2D eigenvalue weighted by atomic mass is 10.0. The highest BCUT2D eigenvalue weighted by Crippen LogP contribution is 2.26. The van der Waals surface area contributed by atoms with Crippen LogP contribution in [0.5, 0.6) is 5.75 Å². The molecule has 1 heterocycles. The number of piperidine rings is 1. The Morgan fingerprint density at radius 1 is 1.00 bits per heavy atom. The van der Waals surface area contributed by atoms with Crippen molar-refractivity contribution in [1.82, 2.24) is 4.90 Å². The summed E-state index contributed by atoms with van der Waals surface area (Å²) >= 11 is 0. The zero-order chi connectivity index (χ0) is 25.7. The molecule has 0 saturated carbocycles. The highest BCUT2D eigenvalue weighted by Gasteiger charge is 2.23. The summed E-state index contributed by atoms with van der Waals surface area (Å²) in [6, 6.07) is 18.9. The minimum Gasteiger partial charge on any atom is -0.482 e. The number of carbonyl (C=O) groups excluding carboxylic acids is 2. The SMILES string of the molecule is CC1CCCN(C(=O)COC(=O)COc2ccc(N(C)S(=O)(=O)c3ccc4ccccc4c3)cc2)C1.